The summed E-state index contributed by atoms with van der Waals surface area (Å²) in [4.78, 5) is 10.9. The molecule has 1 aliphatic carbocycles. The van der Waals surface area contributed by atoms with E-state index in [-0.39, 0.29) is 5.38 Å². The Morgan fingerprint density at radius 1 is 1.79 bits per heavy atom. The molecule has 0 aromatic rings. The minimum absolute atomic E-state index is 0.168. The summed E-state index contributed by atoms with van der Waals surface area (Å²) in [5.74, 6) is 0. The van der Waals surface area contributed by atoms with Crippen LogP contribution in [0.3, 0.4) is 0 Å². The lowest BCUT2D eigenvalue weighted by atomic mass is 10.2. The van der Waals surface area contributed by atoms with Crippen LogP contribution in [-0.2, 0) is 4.74 Å². The van der Waals surface area contributed by atoms with Gasteiger partial charge in [-0.1, -0.05) is 18.2 Å². The molecule has 0 spiro atoms. The van der Waals surface area contributed by atoms with E-state index in [1.165, 1.54) is 0 Å². The lowest BCUT2D eigenvalue weighted by molar-refractivity contribution is 0.152. The Bertz CT molecular complexity index is 261. The quantitative estimate of drug-likeness (QED) is 0.731. The number of carbonyl (C=O) groups is 1. The first-order chi connectivity index (χ1) is 6.74. The number of rotatable bonds is 4. The van der Waals surface area contributed by atoms with Crippen LogP contribution in [0.25, 0.3) is 0 Å². The minimum atomic E-state index is -0.416. The van der Waals surface area contributed by atoms with E-state index >= 15 is 0 Å². The van der Waals surface area contributed by atoms with Gasteiger partial charge in [-0.25, -0.2) is 4.79 Å². The average molecular weight is 216 g/mol. The highest BCUT2D eigenvalue weighted by molar-refractivity contribution is 6.23. The van der Waals surface area contributed by atoms with Crippen molar-refractivity contribution in [3.8, 4) is 0 Å². The van der Waals surface area contributed by atoms with Crippen molar-refractivity contribution in [2.24, 2.45) is 0 Å². The molecule has 1 amide bonds. The molecule has 0 aromatic heterocycles. The van der Waals surface area contributed by atoms with Crippen LogP contribution in [-0.4, -0.2) is 24.6 Å². The second-order valence-electron chi connectivity index (χ2n) is 2.91. The Morgan fingerprint density at radius 3 is 3.14 bits per heavy atom. The van der Waals surface area contributed by atoms with Gasteiger partial charge in [0.05, 0.1) is 12.0 Å². The van der Waals surface area contributed by atoms with Gasteiger partial charge in [0.15, 0.2) is 0 Å². The second kappa shape index (κ2) is 5.70. The molecule has 3 nitrogen and oxygen atoms in total. The molecule has 14 heavy (non-hydrogen) atoms. The van der Waals surface area contributed by atoms with Crippen LogP contribution in [0.15, 0.2) is 23.8 Å². The van der Waals surface area contributed by atoms with E-state index in [1.807, 2.05) is 18.2 Å². The summed E-state index contributed by atoms with van der Waals surface area (Å²) in [5.41, 5.74) is 1.06. The number of hydrogen-bond acceptors (Lipinski definition) is 2. The van der Waals surface area contributed by atoms with Gasteiger partial charge < -0.3 is 10.1 Å². The summed E-state index contributed by atoms with van der Waals surface area (Å²) in [7, 11) is 0. The number of amides is 1. The lowest BCUT2D eigenvalue weighted by Gasteiger charge is -2.10. The molecule has 0 radical (unpaired) electrons. The molecule has 1 rings (SSSR count). The summed E-state index contributed by atoms with van der Waals surface area (Å²) < 4.78 is 4.71. The number of nitrogens with one attached hydrogen (secondary N) is 1. The number of alkyl halides is 1. The highest BCUT2D eigenvalue weighted by Crippen LogP contribution is 2.17. The Balaban J connectivity index is 2.24. The molecule has 0 heterocycles. The zero-order valence-electron chi connectivity index (χ0n) is 8.13. The fourth-order valence-electron chi connectivity index (χ4n) is 1.18. The second-order valence-corrected chi connectivity index (χ2v) is 3.44. The first-order valence-electron chi connectivity index (χ1n) is 4.65. The molecular weight excluding hydrogens is 202 g/mol. The van der Waals surface area contributed by atoms with Crippen molar-refractivity contribution in [3.05, 3.63) is 23.8 Å². The van der Waals surface area contributed by atoms with Crippen LogP contribution >= 0.6 is 11.6 Å². The fraction of sp³-hybridized carbons (Fsp3) is 0.500. The van der Waals surface area contributed by atoms with Gasteiger partial charge in [-0.2, -0.15) is 0 Å². The maximum Gasteiger partial charge on any atom is 0.407 e. The van der Waals surface area contributed by atoms with Crippen LogP contribution in [0.4, 0.5) is 4.79 Å². The monoisotopic (exact) mass is 215 g/mol. The van der Waals surface area contributed by atoms with Gasteiger partial charge >= 0.3 is 6.09 Å². The number of alkyl carbamates (subject to hydrolysis) is 1. The Morgan fingerprint density at radius 2 is 2.57 bits per heavy atom. The first-order valence-corrected chi connectivity index (χ1v) is 5.09. The van der Waals surface area contributed by atoms with E-state index in [1.54, 1.807) is 6.92 Å². The Labute approximate surface area is 88.8 Å². The molecule has 78 valence electrons. The highest BCUT2D eigenvalue weighted by Gasteiger charge is 2.12. The number of halogens is 1. The molecule has 0 fully saturated rings. The molecular formula is C10H14ClNO2. The lowest BCUT2D eigenvalue weighted by Crippen LogP contribution is -2.30. The van der Waals surface area contributed by atoms with Crippen molar-refractivity contribution in [2.75, 3.05) is 13.2 Å². The Kier molecular flexibility index (Phi) is 4.53. The third kappa shape index (κ3) is 3.42. The first kappa shape index (κ1) is 11.1. The van der Waals surface area contributed by atoms with Crippen molar-refractivity contribution >= 4 is 17.7 Å². The molecule has 1 unspecified atom stereocenters. The molecule has 0 aromatic carbocycles. The molecule has 1 aliphatic rings. The molecule has 1 N–H and O–H groups in total. The van der Waals surface area contributed by atoms with E-state index < -0.39 is 6.09 Å². The van der Waals surface area contributed by atoms with Crippen molar-refractivity contribution in [1.29, 1.82) is 0 Å². The molecule has 0 saturated carbocycles. The molecule has 0 bridgehead atoms. The van der Waals surface area contributed by atoms with Crippen LogP contribution < -0.4 is 5.32 Å². The molecule has 1 atom stereocenters. The number of allylic oxidation sites excluding steroid dienone is 3. The SMILES string of the molecule is CCOC(=O)NCC(Cl)C1=CCC=C1. The van der Waals surface area contributed by atoms with Crippen molar-refractivity contribution in [1.82, 2.24) is 5.32 Å². The molecule has 4 heteroatoms. The maximum atomic E-state index is 10.9. The predicted octanol–water partition coefficient (Wildman–Crippen LogP) is 2.23. The minimum Gasteiger partial charge on any atom is -0.450 e. The normalized spacial score (nSPS) is 16.3. The van der Waals surface area contributed by atoms with Crippen LogP contribution in [0.1, 0.15) is 13.3 Å². The standard InChI is InChI=1S/C10H14ClNO2/c1-2-14-10(13)12-7-9(11)8-5-3-4-6-8/h3,5-6,9H,2,4,7H2,1H3,(H,12,13). The predicted molar refractivity (Wildman–Crippen MR) is 56.5 cm³/mol. The van der Waals surface area contributed by atoms with Gasteiger partial charge in [-0.3, -0.25) is 0 Å². The third-order valence-electron chi connectivity index (χ3n) is 1.86. The third-order valence-corrected chi connectivity index (χ3v) is 2.27. The Hall–Kier alpha value is -0.960. The van der Waals surface area contributed by atoms with Gasteiger partial charge in [0, 0.05) is 6.54 Å². The van der Waals surface area contributed by atoms with Gasteiger partial charge in [-0.15, -0.1) is 11.6 Å². The summed E-state index contributed by atoms with van der Waals surface area (Å²) in [6.07, 6.45) is 6.57. The summed E-state index contributed by atoms with van der Waals surface area (Å²) in [6.45, 7) is 2.54. The molecule has 0 aliphatic heterocycles. The number of hydrogen-bond donors (Lipinski definition) is 1. The topological polar surface area (TPSA) is 38.3 Å². The largest absolute Gasteiger partial charge is 0.450 e. The van der Waals surface area contributed by atoms with Gasteiger partial charge in [-0.05, 0) is 18.9 Å². The summed E-state index contributed by atoms with van der Waals surface area (Å²) >= 11 is 6.04. The van der Waals surface area contributed by atoms with Gasteiger partial charge in [0.1, 0.15) is 0 Å². The van der Waals surface area contributed by atoms with Gasteiger partial charge in [0.25, 0.3) is 0 Å². The van der Waals surface area contributed by atoms with Crippen LogP contribution in [0.2, 0.25) is 0 Å². The van der Waals surface area contributed by atoms with E-state index in [4.69, 9.17) is 16.3 Å². The molecule has 0 saturated heterocycles. The van der Waals surface area contributed by atoms with E-state index in [0.717, 1.165) is 12.0 Å². The van der Waals surface area contributed by atoms with E-state index in [2.05, 4.69) is 5.32 Å². The van der Waals surface area contributed by atoms with Crippen molar-refractivity contribution in [2.45, 2.75) is 18.7 Å². The maximum absolute atomic E-state index is 10.9. The average Bonchev–Trinajstić information content (AvgIpc) is 2.67. The van der Waals surface area contributed by atoms with Crippen LogP contribution in [0, 0.1) is 0 Å². The zero-order valence-corrected chi connectivity index (χ0v) is 8.88. The van der Waals surface area contributed by atoms with Crippen molar-refractivity contribution < 1.29 is 9.53 Å². The summed E-state index contributed by atoms with van der Waals surface area (Å²) in [5, 5.41) is 2.42. The van der Waals surface area contributed by atoms with E-state index in [9.17, 15) is 4.79 Å². The van der Waals surface area contributed by atoms with E-state index in [0.29, 0.717) is 13.2 Å². The smallest absolute Gasteiger partial charge is 0.407 e. The van der Waals surface area contributed by atoms with Crippen molar-refractivity contribution in [3.63, 3.8) is 0 Å². The zero-order chi connectivity index (χ0) is 10.4. The number of carbonyl (C=O) groups excluding carboxylic acids is 1. The van der Waals surface area contributed by atoms with Crippen LogP contribution in [0.5, 0.6) is 0 Å². The fourth-order valence-corrected chi connectivity index (χ4v) is 1.42. The number of ether oxygens (including phenoxy) is 1. The highest BCUT2D eigenvalue weighted by atomic mass is 35.5. The summed E-state index contributed by atoms with van der Waals surface area (Å²) in [6, 6.07) is 0. The van der Waals surface area contributed by atoms with Gasteiger partial charge in [0.2, 0.25) is 0 Å².